The molecular weight excluding hydrogens is 637 g/mol. The number of halogens is 3. The Morgan fingerprint density at radius 3 is 2.12 bits per heavy atom. The molecule has 0 radical (unpaired) electrons. The highest BCUT2D eigenvalue weighted by Gasteiger charge is 2.33. The number of hydrogen-bond acceptors (Lipinski definition) is 4. The number of rotatable bonds is 9. The van der Waals surface area contributed by atoms with Crippen molar-refractivity contribution in [3.63, 3.8) is 0 Å². The van der Waals surface area contributed by atoms with E-state index in [9.17, 15) is 18.0 Å². The Morgan fingerprint density at radius 1 is 0.975 bits per heavy atom. The Hall–Kier alpha value is -2.59. The first-order valence-corrected chi connectivity index (χ1v) is 15.5. The smallest absolute Gasteiger partial charge is 0.264 e. The molecule has 3 aromatic carbocycles. The van der Waals surface area contributed by atoms with Crippen LogP contribution in [0.15, 0.2) is 76.1 Å². The van der Waals surface area contributed by atoms with Gasteiger partial charge in [-0.15, -0.1) is 0 Å². The van der Waals surface area contributed by atoms with Crippen molar-refractivity contribution in [3.8, 4) is 0 Å². The number of carbonyl (C=O) groups excluding carboxylic acids is 2. The van der Waals surface area contributed by atoms with Crippen molar-refractivity contribution in [2.75, 3.05) is 10.8 Å². The number of aryl methyl sites for hydroxylation is 1. The molecule has 1 N–H and O–H groups in total. The number of benzene rings is 3. The summed E-state index contributed by atoms with van der Waals surface area (Å²) >= 11 is 15.8. The quantitative estimate of drug-likeness (QED) is 0.279. The van der Waals surface area contributed by atoms with E-state index in [2.05, 4.69) is 21.2 Å². The largest absolute Gasteiger partial charge is 0.350 e. The lowest BCUT2D eigenvalue weighted by Gasteiger charge is -2.33. The second-order valence-corrected chi connectivity index (χ2v) is 14.1. The molecule has 0 aromatic heterocycles. The molecule has 214 valence electrons. The number of nitrogens with zero attached hydrogens (tertiary/aromatic N) is 2. The van der Waals surface area contributed by atoms with Gasteiger partial charge in [0.2, 0.25) is 11.8 Å². The van der Waals surface area contributed by atoms with Gasteiger partial charge in [0.1, 0.15) is 12.6 Å². The third-order valence-electron chi connectivity index (χ3n) is 6.02. The van der Waals surface area contributed by atoms with Gasteiger partial charge in [0, 0.05) is 26.6 Å². The Balaban J connectivity index is 2.05. The van der Waals surface area contributed by atoms with Crippen LogP contribution >= 0.6 is 39.1 Å². The van der Waals surface area contributed by atoms with Crippen LogP contribution in [0, 0.1) is 6.92 Å². The molecule has 0 spiro atoms. The highest BCUT2D eigenvalue weighted by molar-refractivity contribution is 9.10. The van der Waals surface area contributed by atoms with Crippen LogP contribution in [-0.4, -0.2) is 43.3 Å². The van der Waals surface area contributed by atoms with Crippen molar-refractivity contribution < 1.29 is 18.0 Å². The molecule has 1 atom stereocenters. The molecule has 0 aliphatic carbocycles. The minimum Gasteiger partial charge on any atom is -0.350 e. The Labute approximate surface area is 254 Å². The monoisotopic (exact) mass is 667 g/mol. The summed E-state index contributed by atoms with van der Waals surface area (Å²) in [4.78, 5) is 28.5. The molecule has 2 amide bonds. The maximum Gasteiger partial charge on any atom is 0.264 e. The van der Waals surface area contributed by atoms with Gasteiger partial charge in [-0.05, 0) is 88.7 Å². The topological polar surface area (TPSA) is 86.8 Å². The van der Waals surface area contributed by atoms with Gasteiger partial charge in [0.15, 0.2) is 0 Å². The van der Waals surface area contributed by atoms with E-state index < -0.39 is 34.1 Å². The number of sulfonamides is 1. The second kappa shape index (κ2) is 12.9. The zero-order chi connectivity index (χ0) is 29.8. The van der Waals surface area contributed by atoms with E-state index in [1.165, 1.54) is 17.0 Å². The van der Waals surface area contributed by atoms with Crippen LogP contribution in [0.2, 0.25) is 10.0 Å². The van der Waals surface area contributed by atoms with Gasteiger partial charge in [-0.1, -0.05) is 62.9 Å². The average Bonchev–Trinajstić information content (AvgIpc) is 2.86. The van der Waals surface area contributed by atoms with Crippen molar-refractivity contribution >= 4 is 66.7 Å². The third-order valence-corrected chi connectivity index (χ3v) is 8.93. The van der Waals surface area contributed by atoms with Crippen molar-refractivity contribution in [3.05, 3.63) is 92.4 Å². The van der Waals surface area contributed by atoms with Crippen molar-refractivity contribution in [1.29, 1.82) is 0 Å². The summed E-state index contributed by atoms with van der Waals surface area (Å²) in [7, 11) is -4.15. The Morgan fingerprint density at radius 2 is 1.57 bits per heavy atom. The lowest BCUT2D eigenvalue weighted by molar-refractivity contribution is -0.140. The lowest BCUT2D eigenvalue weighted by atomic mass is 10.1. The first-order chi connectivity index (χ1) is 18.6. The molecule has 0 saturated heterocycles. The van der Waals surface area contributed by atoms with Crippen LogP contribution in [0.5, 0.6) is 0 Å². The first-order valence-electron chi connectivity index (χ1n) is 12.5. The molecule has 3 aromatic rings. The molecule has 0 fully saturated rings. The van der Waals surface area contributed by atoms with Gasteiger partial charge in [-0.3, -0.25) is 13.9 Å². The zero-order valence-corrected chi connectivity index (χ0v) is 26.8. The summed E-state index contributed by atoms with van der Waals surface area (Å²) in [5, 5.41) is 3.64. The van der Waals surface area contributed by atoms with Crippen LogP contribution in [0.25, 0.3) is 0 Å². The van der Waals surface area contributed by atoms with Crippen molar-refractivity contribution in [2.24, 2.45) is 0 Å². The molecule has 11 heteroatoms. The lowest BCUT2D eigenvalue weighted by Crippen LogP contribution is -2.54. The maximum atomic E-state index is 14.0. The summed E-state index contributed by atoms with van der Waals surface area (Å²) in [6.07, 6.45) is 0. The summed E-state index contributed by atoms with van der Waals surface area (Å²) in [5.74, 6) is -0.969. The number of hydrogen-bond donors (Lipinski definition) is 1. The molecule has 7 nitrogen and oxygen atoms in total. The zero-order valence-electron chi connectivity index (χ0n) is 22.9. The SMILES string of the molecule is Cc1ccc(S(=O)(=O)N(CC(=O)N(Cc2ccc(Cl)cc2Cl)[C@@H](C)C(=O)NC(C)(C)C)c2ccc(Br)cc2)cc1. The predicted molar refractivity (Wildman–Crippen MR) is 164 cm³/mol. The van der Waals surface area contributed by atoms with Gasteiger partial charge >= 0.3 is 0 Å². The Kier molecular flexibility index (Phi) is 10.3. The number of nitrogens with one attached hydrogen (secondary N) is 1. The van der Waals surface area contributed by atoms with Crippen LogP contribution in [-0.2, 0) is 26.2 Å². The highest BCUT2D eigenvalue weighted by atomic mass is 79.9. The minimum atomic E-state index is -4.15. The summed E-state index contributed by atoms with van der Waals surface area (Å²) < 4.78 is 29.5. The van der Waals surface area contributed by atoms with E-state index in [0.717, 1.165) is 14.3 Å². The fourth-order valence-electron chi connectivity index (χ4n) is 3.86. The molecule has 40 heavy (non-hydrogen) atoms. The molecule has 0 bridgehead atoms. The molecule has 0 aliphatic rings. The van der Waals surface area contributed by atoms with Crippen LogP contribution in [0.4, 0.5) is 5.69 Å². The molecule has 3 rings (SSSR count). The molecule has 0 unspecified atom stereocenters. The number of anilines is 1. The van der Waals surface area contributed by atoms with E-state index >= 15 is 0 Å². The minimum absolute atomic E-state index is 0.0354. The highest BCUT2D eigenvalue weighted by Crippen LogP contribution is 2.27. The third kappa shape index (κ3) is 8.22. The van der Waals surface area contributed by atoms with Crippen LogP contribution < -0.4 is 9.62 Å². The van der Waals surface area contributed by atoms with Gasteiger partial charge in [0.25, 0.3) is 10.0 Å². The number of carbonyl (C=O) groups is 2. The fourth-order valence-corrected chi connectivity index (χ4v) is 6.01. The van der Waals surface area contributed by atoms with Gasteiger partial charge in [-0.25, -0.2) is 8.42 Å². The molecule has 0 aliphatic heterocycles. The molecular formula is C29H32BrCl2N3O4S. The van der Waals surface area contributed by atoms with E-state index in [4.69, 9.17) is 23.2 Å². The molecule has 0 saturated carbocycles. The van der Waals surface area contributed by atoms with Crippen molar-refractivity contribution in [1.82, 2.24) is 10.2 Å². The van der Waals surface area contributed by atoms with E-state index in [1.54, 1.807) is 61.5 Å². The predicted octanol–water partition coefficient (Wildman–Crippen LogP) is 6.59. The van der Waals surface area contributed by atoms with Crippen LogP contribution in [0.3, 0.4) is 0 Å². The normalized spacial score (nSPS) is 12.5. The van der Waals surface area contributed by atoms with E-state index in [-0.39, 0.29) is 17.3 Å². The summed E-state index contributed by atoms with van der Waals surface area (Å²) in [6.45, 7) is 8.38. The second-order valence-electron chi connectivity index (χ2n) is 10.5. The van der Waals surface area contributed by atoms with Gasteiger partial charge in [0.05, 0.1) is 10.6 Å². The average molecular weight is 669 g/mol. The van der Waals surface area contributed by atoms with E-state index in [0.29, 0.717) is 21.3 Å². The van der Waals surface area contributed by atoms with Crippen molar-refractivity contribution in [2.45, 2.75) is 57.6 Å². The Bertz CT molecular complexity index is 1470. The standard InChI is InChI=1S/C29H32BrCl2N3O4S/c1-19-6-14-25(15-7-19)40(38,39)35(24-12-9-22(30)10-13-24)18-27(36)34(20(2)28(37)33-29(3,4)5)17-21-8-11-23(31)16-26(21)32/h6-16,20H,17-18H2,1-5H3,(H,33,37)/t20-/m0/s1. The summed E-state index contributed by atoms with van der Waals surface area (Å²) in [6, 6.07) is 16.9. The fraction of sp³-hybridized carbons (Fsp3) is 0.310. The van der Waals surface area contributed by atoms with E-state index in [1.807, 2.05) is 27.7 Å². The number of amides is 2. The molecule has 0 heterocycles. The maximum absolute atomic E-state index is 14.0. The first kappa shape index (κ1) is 31.9. The van der Waals surface area contributed by atoms with Crippen LogP contribution in [0.1, 0.15) is 38.8 Å². The summed E-state index contributed by atoms with van der Waals surface area (Å²) in [5.41, 5.74) is 1.21. The van der Waals surface area contributed by atoms with Gasteiger partial charge < -0.3 is 10.2 Å². The van der Waals surface area contributed by atoms with Gasteiger partial charge in [-0.2, -0.15) is 0 Å².